The van der Waals surface area contributed by atoms with Gasteiger partial charge in [0.25, 0.3) is 5.56 Å². The Labute approximate surface area is 213 Å². The number of aliphatic hydroxyl groups excluding tert-OH is 1. The summed E-state index contributed by atoms with van der Waals surface area (Å²) in [5.74, 6) is 6.52. The molecule has 0 aliphatic carbocycles. The van der Waals surface area contributed by atoms with Crippen LogP contribution in [0.1, 0.15) is 61.5 Å². The summed E-state index contributed by atoms with van der Waals surface area (Å²) in [6.45, 7) is 19.1. The molecule has 0 amide bonds. The number of aliphatic hydroxyl groups is 1. The topological polar surface area (TPSA) is 110 Å². The lowest BCUT2D eigenvalue weighted by atomic mass is 10.1. The van der Waals surface area contributed by atoms with Crippen molar-refractivity contribution < 1.29 is 19.2 Å². The van der Waals surface area contributed by atoms with Gasteiger partial charge in [-0.15, -0.1) is 19.1 Å². The average molecular weight is 498 g/mol. The Kier molecular flexibility index (Phi) is 15.7. The molecule has 0 aliphatic rings. The van der Waals surface area contributed by atoms with Gasteiger partial charge in [-0.1, -0.05) is 37.1 Å². The Morgan fingerprint density at radius 3 is 2.42 bits per heavy atom. The minimum atomic E-state index is -0.431. The molecule has 196 valence electrons. The Bertz CT molecular complexity index is 1210. The number of aromatic amines is 1. The number of carbonyl (C=O) groups is 1. The average Bonchev–Trinajstić information content (AvgIpc) is 3.47. The zero-order valence-electron chi connectivity index (χ0n) is 22.5. The van der Waals surface area contributed by atoms with Crippen LogP contribution in [0.5, 0.6) is 0 Å². The molecule has 0 saturated heterocycles. The number of hydrogen-bond acceptors (Lipinski definition) is 6. The smallest absolute Gasteiger partial charge is 0.340 e. The maximum Gasteiger partial charge on any atom is 0.340 e. The minimum Gasteiger partial charge on any atom is -0.462 e. The number of hydrogen-bond donors (Lipinski definition) is 2. The predicted octanol–water partition coefficient (Wildman–Crippen LogP) is 5.18. The lowest BCUT2D eigenvalue weighted by Crippen LogP contribution is -2.21. The lowest BCUT2D eigenvalue weighted by Gasteiger charge is -2.09. The van der Waals surface area contributed by atoms with Crippen molar-refractivity contribution in [3.63, 3.8) is 0 Å². The van der Waals surface area contributed by atoms with Crippen molar-refractivity contribution in [2.75, 3.05) is 13.7 Å². The third kappa shape index (κ3) is 9.80. The molecule has 0 aliphatic heterocycles. The largest absolute Gasteiger partial charge is 0.462 e. The quantitative estimate of drug-likeness (QED) is 0.276. The molecule has 0 unspecified atom stereocenters. The first-order chi connectivity index (χ1) is 17.2. The second kappa shape index (κ2) is 17.6. The van der Waals surface area contributed by atoms with Gasteiger partial charge >= 0.3 is 5.97 Å². The van der Waals surface area contributed by atoms with Crippen molar-refractivity contribution in [3.05, 3.63) is 76.7 Å². The van der Waals surface area contributed by atoms with Crippen molar-refractivity contribution >= 4 is 16.9 Å². The Morgan fingerprint density at radius 2 is 1.97 bits per heavy atom. The van der Waals surface area contributed by atoms with E-state index in [1.165, 1.54) is 0 Å². The summed E-state index contributed by atoms with van der Waals surface area (Å²) in [6.07, 6.45) is 7.51. The van der Waals surface area contributed by atoms with Crippen LogP contribution in [0.2, 0.25) is 0 Å². The molecule has 8 nitrogen and oxygen atoms in total. The van der Waals surface area contributed by atoms with Gasteiger partial charge in [-0.05, 0) is 40.0 Å². The zero-order valence-corrected chi connectivity index (χ0v) is 22.5. The molecule has 0 bridgehead atoms. The van der Waals surface area contributed by atoms with E-state index in [1.807, 2.05) is 27.7 Å². The normalized spacial score (nSPS) is 9.36. The third-order valence-corrected chi connectivity index (χ3v) is 4.37. The molecule has 0 saturated carbocycles. The molecular formula is C28H39N3O5. The highest BCUT2D eigenvalue weighted by Gasteiger charge is 2.22. The number of aromatic nitrogens is 3. The van der Waals surface area contributed by atoms with E-state index < -0.39 is 5.97 Å². The molecule has 0 radical (unpaired) electrons. The second-order valence-electron chi connectivity index (χ2n) is 7.89. The van der Waals surface area contributed by atoms with E-state index >= 15 is 0 Å². The molecule has 0 aromatic carbocycles. The lowest BCUT2D eigenvalue weighted by molar-refractivity contribution is 0.0460. The summed E-state index contributed by atoms with van der Waals surface area (Å²) in [4.78, 5) is 28.4. The molecule has 0 fully saturated rings. The van der Waals surface area contributed by atoms with Crippen LogP contribution in [-0.4, -0.2) is 39.5 Å². The molecule has 0 spiro atoms. The Morgan fingerprint density at radius 1 is 1.33 bits per heavy atom. The van der Waals surface area contributed by atoms with Crippen LogP contribution < -0.4 is 5.56 Å². The number of carbonyl (C=O) groups excluding carboxylic acids is 1. The second-order valence-corrected chi connectivity index (χ2v) is 7.89. The Balaban J connectivity index is 0.000000929. The first kappa shape index (κ1) is 32.2. The molecule has 0 atom stereocenters. The monoisotopic (exact) mass is 497 g/mol. The number of nitrogens with one attached hydrogen (secondary N) is 1. The van der Waals surface area contributed by atoms with Gasteiger partial charge in [-0.2, -0.15) is 0 Å². The number of fused-ring (bicyclic) bond motifs is 1. The summed E-state index contributed by atoms with van der Waals surface area (Å²) >= 11 is 0. The maximum atomic E-state index is 12.7. The first-order valence-corrected chi connectivity index (χ1v) is 11.6. The van der Waals surface area contributed by atoms with Gasteiger partial charge in [-0.25, -0.2) is 4.79 Å². The number of aryl methyl sites for hydroxylation is 3. The van der Waals surface area contributed by atoms with Crippen LogP contribution in [0, 0.1) is 31.6 Å². The number of rotatable bonds is 6. The van der Waals surface area contributed by atoms with Crippen molar-refractivity contribution in [2.24, 2.45) is 5.92 Å². The van der Waals surface area contributed by atoms with Crippen molar-refractivity contribution in [2.45, 2.75) is 54.5 Å². The van der Waals surface area contributed by atoms with Crippen LogP contribution in [-0.2, 0) is 11.3 Å². The molecule has 3 aromatic heterocycles. The number of nitrogens with zero attached hydrogens (tertiary/aromatic N) is 2. The fraction of sp³-hybridized carbons (Fsp3) is 0.393. The van der Waals surface area contributed by atoms with E-state index in [0.717, 1.165) is 12.9 Å². The highest BCUT2D eigenvalue weighted by Crippen LogP contribution is 2.24. The molecule has 3 heterocycles. The highest BCUT2D eigenvalue weighted by molar-refractivity contribution is 6.07. The number of allylic oxidation sites excluding steroid dienone is 2. The van der Waals surface area contributed by atoms with Gasteiger partial charge in [0, 0.05) is 37.0 Å². The fourth-order valence-electron chi connectivity index (χ4n) is 2.95. The van der Waals surface area contributed by atoms with Crippen LogP contribution in [0.15, 0.2) is 53.1 Å². The summed E-state index contributed by atoms with van der Waals surface area (Å²) in [5.41, 5.74) is 1.85. The number of H-pyrrole nitrogens is 1. The Hall–Kier alpha value is -3.83. The third-order valence-electron chi connectivity index (χ3n) is 4.37. The van der Waals surface area contributed by atoms with Gasteiger partial charge < -0.3 is 23.9 Å². The number of esters is 1. The van der Waals surface area contributed by atoms with Gasteiger partial charge in [0.15, 0.2) is 0 Å². The van der Waals surface area contributed by atoms with Crippen molar-refractivity contribution in [1.82, 2.24) is 14.7 Å². The summed E-state index contributed by atoms with van der Waals surface area (Å²) in [7, 11) is 1.00. The SMILES string of the molecule is C=CC.C=CCCn1cc(C#CC)c2c(C(=O)OCC(C)C)c(C)[nH]c2c1=O.CO.Cc1ccno1. The van der Waals surface area contributed by atoms with E-state index in [2.05, 4.69) is 39.7 Å². The van der Waals surface area contributed by atoms with Gasteiger partial charge in [0.1, 0.15) is 11.3 Å². The van der Waals surface area contributed by atoms with Crippen LogP contribution in [0.25, 0.3) is 10.9 Å². The molecule has 2 N–H and O–H groups in total. The number of ether oxygens (including phenoxy) is 1. The summed E-state index contributed by atoms with van der Waals surface area (Å²) in [6, 6.07) is 1.81. The van der Waals surface area contributed by atoms with E-state index in [4.69, 9.17) is 9.84 Å². The van der Waals surface area contributed by atoms with Gasteiger partial charge in [-0.3, -0.25) is 4.79 Å². The van der Waals surface area contributed by atoms with E-state index in [0.29, 0.717) is 47.3 Å². The summed E-state index contributed by atoms with van der Waals surface area (Å²) in [5, 5.41) is 11.0. The maximum absolute atomic E-state index is 12.7. The number of pyridine rings is 1. The highest BCUT2D eigenvalue weighted by atomic mass is 16.5. The summed E-state index contributed by atoms with van der Waals surface area (Å²) < 4.78 is 11.6. The molecule has 3 aromatic rings. The van der Waals surface area contributed by atoms with Gasteiger partial charge in [0.05, 0.1) is 23.9 Å². The van der Waals surface area contributed by atoms with Crippen molar-refractivity contribution in [3.8, 4) is 11.8 Å². The van der Waals surface area contributed by atoms with E-state index in [1.54, 1.807) is 49.0 Å². The minimum absolute atomic E-state index is 0.176. The molecule has 3 rings (SSSR count). The standard InChI is InChI=1S/C20H24N2O3.C4H5NO.C3H6.CH4O/c1-6-8-10-22-11-15(9-7-2)17-16(20(24)25-12-13(3)4)14(5)21-18(17)19(22)23;1-4-2-3-5-6-4;1-3-2;1-2/h6,11,13,21H,1,8,10,12H2,2-5H3;2-3H,1H3;3H,1H2,2H3;2H,1H3. The van der Waals surface area contributed by atoms with Gasteiger partial charge in [0.2, 0.25) is 0 Å². The first-order valence-electron chi connectivity index (χ1n) is 11.6. The predicted molar refractivity (Wildman–Crippen MR) is 145 cm³/mol. The van der Waals surface area contributed by atoms with E-state index in [-0.39, 0.29) is 11.5 Å². The van der Waals surface area contributed by atoms with Crippen LogP contribution in [0.3, 0.4) is 0 Å². The molecule has 36 heavy (non-hydrogen) atoms. The van der Waals surface area contributed by atoms with Crippen molar-refractivity contribution in [1.29, 1.82) is 0 Å². The molecular weight excluding hydrogens is 458 g/mol. The zero-order chi connectivity index (χ0) is 27.7. The van der Waals surface area contributed by atoms with Crippen LogP contribution >= 0.6 is 0 Å². The van der Waals surface area contributed by atoms with Crippen LogP contribution in [0.4, 0.5) is 0 Å². The van der Waals surface area contributed by atoms with E-state index in [9.17, 15) is 9.59 Å². The molecule has 8 heteroatoms. The fourth-order valence-corrected chi connectivity index (χ4v) is 2.95.